The Bertz CT molecular complexity index is 361. The lowest BCUT2D eigenvalue weighted by Crippen LogP contribution is -2.52. The van der Waals surface area contributed by atoms with Crippen molar-refractivity contribution in [1.29, 1.82) is 0 Å². The van der Waals surface area contributed by atoms with Crippen molar-refractivity contribution in [3.05, 3.63) is 0 Å². The lowest BCUT2D eigenvalue weighted by atomic mass is 9.94. The second-order valence-corrected chi connectivity index (χ2v) is 6.32. The first-order valence-electron chi connectivity index (χ1n) is 8.05. The average Bonchev–Trinajstić information content (AvgIpc) is 2.49. The molecule has 2 amide bonds. The number of rotatable bonds is 5. The number of carbonyl (C=O) groups is 2. The van der Waals surface area contributed by atoms with E-state index in [-0.39, 0.29) is 11.8 Å². The van der Waals surface area contributed by atoms with Crippen molar-refractivity contribution in [3.63, 3.8) is 0 Å². The second kappa shape index (κ2) is 7.75. The molecule has 120 valence electrons. The van der Waals surface area contributed by atoms with E-state index in [1.807, 2.05) is 16.8 Å². The van der Waals surface area contributed by atoms with Crippen LogP contribution in [0.15, 0.2) is 0 Å². The number of hydrogen-bond donors (Lipinski definition) is 1. The molecule has 1 aliphatic heterocycles. The zero-order valence-electron chi connectivity index (χ0n) is 13.1. The molecule has 0 bridgehead atoms. The molecule has 1 heterocycles. The number of nitrogens with zero attached hydrogens (tertiary/aromatic N) is 3. The fraction of sp³-hybridized carbons (Fsp3) is 0.867. The topological polar surface area (TPSA) is 69.9 Å². The smallest absolute Gasteiger partial charge is 0.236 e. The third kappa shape index (κ3) is 4.97. The van der Waals surface area contributed by atoms with Gasteiger partial charge >= 0.3 is 0 Å². The Hall–Kier alpha value is -1.14. The summed E-state index contributed by atoms with van der Waals surface area (Å²) in [5.41, 5.74) is 5.21. The Morgan fingerprint density at radius 1 is 1.00 bits per heavy atom. The number of primary amides is 1. The van der Waals surface area contributed by atoms with Crippen LogP contribution in [0.25, 0.3) is 0 Å². The summed E-state index contributed by atoms with van der Waals surface area (Å²) >= 11 is 0. The van der Waals surface area contributed by atoms with E-state index in [0.29, 0.717) is 19.1 Å². The normalized spacial score (nSPS) is 22.1. The lowest BCUT2D eigenvalue weighted by Gasteiger charge is -2.36. The van der Waals surface area contributed by atoms with Crippen molar-refractivity contribution in [3.8, 4) is 0 Å². The van der Waals surface area contributed by atoms with Gasteiger partial charge in [-0.3, -0.25) is 19.4 Å². The highest BCUT2D eigenvalue weighted by Gasteiger charge is 2.25. The molecule has 2 rings (SSSR count). The van der Waals surface area contributed by atoms with Gasteiger partial charge < -0.3 is 10.6 Å². The van der Waals surface area contributed by atoms with Gasteiger partial charge in [-0.2, -0.15) is 0 Å². The van der Waals surface area contributed by atoms with Crippen molar-refractivity contribution in [2.24, 2.45) is 5.73 Å². The van der Waals surface area contributed by atoms with E-state index in [0.717, 1.165) is 39.0 Å². The molecule has 0 unspecified atom stereocenters. The highest BCUT2D eigenvalue weighted by atomic mass is 16.2. The summed E-state index contributed by atoms with van der Waals surface area (Å²) in [5.74, 6) is -0.0539. The molecule has 6 heteroatoms. The Kier molecular flexibility index (Phi) is 5.99. The van der Waals surface area contributed by atoms with Crippen LogP contribution in [-0.4, -0.2) is 78.9 Å². The first-order chi connectivity index (χ1) is 10.1. The van der Waals surface area contributed by atoms with Crippen LogP contribution < -0.4 is 5.73 Å². The van der Waals surface area contributed by atoms with Crippen LogP contribution in [0, 0.1) is 0 Å². The fourth-order valence-corrected chi connectivity index (χ4v) is 3.30. The van der Waals surface area contributed by atoms with Crippen LogP contribution in [0.3, 0.4) is 0 Å². The van der Waals surface area contributed by atoms with E-state index in [2.05, 4.69) is 4.90 Å². The van der Waals surface area contributed by atoms with Gasteiger partial charge in [0.05, 0.1) is 13.1 Å². The third-order valence-corrected chi connectivity index (χ3v) is 4.72. The van der Waals surface area contributed by atoms with Crippen molar-refractivity contribution in [2.45, 2.75) is 38.1 Å². The molecule has 1 saturated carbocycles. The summed E-state index contributed by atoms with van der Waals surface area (Å²) in [6.07, 6.45) is 6.09. The molecular formula is C15H28N4O2. The van der Waals surface area contributed by atoms with Gasteiger partial charge in [-0.05, 0) is 12.8 Å². The number of likely N-dealkylation sites (N-methyl/N-ethyl adjacent to an activating group) is 1. The van der Waals surface area contributed by atoms with Gasteiger partial charge in [0.1, 0.15) is 0 Å². The minimum Gasteiger partial charge on any atom is -0.369 e. The summed E-state index contributed by atoms with van der Waals surface area (Å²) < 4.78 is 0. The van der Waals surface area contributed by atoms with E-state index in [1.54, 1.807) is 0 Å². The van der Waals surface area contributed by atoms with Gasteiger partial charge in [0.15, 0.2) is 0 Å². The van der Waals surface area contributed by atoms with Crippen molar-refractivity contribution < 1.29 is 9.59 Å². The molecule has 2 aliphatic rings. The van der Waals surface area contributed by atoms with Gasteiger partial charge in [-0.25, -0.2) is 0 Å². The number of amides is 2. The minimum absolute atomic E-state index is 0.227. The van der Waals surface area contributed by atoms with E-state index in [4.69, 9.17) is 5.73 Å². The number of piperazine rings is 1. The highest BCUT2D eigenvalue weighted by Crippen LogP contribution is 2.21. The van der Waals surface area contributed by atoms with Gasteiger partial charge in [-0.1, -0.05) is 19.3 Å². The molecule has 1 aliphatic carbocycles. The zero-order chi connectivity index (χ0) is 15.2. The number of nitrogens with two attached hydrogens (primary N) is 1. The van der Waals surface area contributed by atoms with Crippen LogP contribution in [-0.2, 0) is 9.59 Å². The Labute approximate surface area is 127 Å². The molecule has 0 aromatic rings. The minimum atomic E-state index is -0.281. The third-order valence-electron chi connectivity index (χ3n) is 4.72. The van der Waals surface area contributed by atoms with E-state index < -0.39 is 0 Å². The molecular weight excluding hydrogens is 268 g/mol. The monoisotopic (exact) mass is 296 g/mol. The molecule has 0 aromatic carbocycles. The van der Waals surface area contributed by atoms with Crippen LogP contribution in [0.1, 0.15) is 32.1 Å². The standard InChI is InChI=1S/C15H28N4O2/c1-17(13-5-3-2-4-6-13)15(21)12-19-9-7-18(8-10-19)11-14(16)20/h13H,2-12H2,1H3,(H2,16,20). The summed E-state index contributed by atoms with van der Waals surface area (Å²) in [5, 5.41) is 0. The predicted octanol–water partition coefficient (Wildman–Crippen LogP) is -0.120. The summed E-state index contributed by atoms with van der Waals surface area (Å²) in [7, 11) is 1.95. The molecule has 21 heavy (non-hydrogen) atoms. The maximum Gasteiger partial charge on any atom is 0.236 e. The number of hydrogen-bond acceptors (Lipinski definition) is 4. The van der Waals surface area contributed by atoms with Crippen LogP contribution in [0.4, 0.5) is 0 Å². The van der Waals surface area contributed by atoms with E-state index in [9.17, 15) is 9.59 Å². The van der Waals surface area contributed by atoms with Gasteiger partial charge in [0, 0.05) is 39.3 Å². The lowest BCUT2D eigenvalue weighted by molar-refractivity contribution is -0.134. The Morgan fingerprint density at radius 3 is 2.05 bits per heavy atom. The SMILES string of the molecule is CN(C(=O)CN1CCN(CC(N)=O)CC1)C1CCCCC1. The average molecular weight is 296 g/mol. The molecule has 2 N–H and O–H groups in total. The van der Waals surface area contributed by atoms with Gasteiger partial charge in [0.2, 0.25) is 11.8 Å². The molecule has 6 nitrogen and oxygen atoms in total. The molecule has 2 fully saturated rings. The van der Waals surface area contributed by atoms with Gasteiger partial charge in [0.25, 0.3) is 0 Å². The van der Waals surface area contributed by atoms with Crippen molar-refractivity contribution in [2.75, 3.05) is 46.3 Å². The molecule has 0 radical (unpaired) electrons. The Morgan fingerprint density at radius 2 is 1.52 bits per heavy atom. The first kappa shape index (κ1) is 16.2. The van der Waals surface area contributed by atoms with Crippen molar-refractivity contribution in [1.82, 2.24) is 14.7 Å². The first-order valence-corrected chi connectivity index (χ1v) is 8.05. The van der Waals surface area contributed by atoms with Crippen LogP contribution in [0.5, 0.6) is 0 Å². The molecule has 0 aromatic heterocycles. The largest absolute Gasteiger partial charge is 0.369 e. The van der Waals surface area contributed by atoms with Crippen LogP contribution >= 0.6 is 0 Å². The number of carbonyl (C=O) groups excluding carboxylic acids is 2. The maximum atomic E-state index is 12.4. The summed E-state index contributed by atoms with van der Waals surface area (Å²) in [6, 6.07) is 0.433. The Balaban J connectivity index is 1.72. The van der Waals surface area contributed by atoms with Crippen molar-refractivity contribution >= 4 is 11.8 Å². The van der Waals surface area contributed by atoms with E-state index in [1.165, 1.54) is 19.3 Å². The quantitative estimate of drug-likeness (QED) is 0.768. The highest BCUT2D eigenvalue weighted by molar-refractivity contribution is 5.78. The zero-order valence-corrected chi connectivity index (χ0v) is 13.1. The molecule has 0 spiro atoms. The fourth-order valence-electron chi connectivity index (χ4n) is 3.30. The second-order valence-electron chi connectivity index (χ2n) is 6.32. The molecule has 0 atom stereocenters. The predicted molar refractivity (Wildman–Crippen MR) is 81.7 cm³/mol. The summed E-state index contributed by atoms with van der Waals surface area (Å²) in [4.78, 5) is 29.4. The maximum absolute atomic E-state index is 12.4. The van der Waals surface area contributed by atoms with Gasteiger partial charge in [-0.15, -0.1) is 0 Å². The van der Waals surface area contributed by atoms with Crippen LogP contribution in [0.2, 0.25) is 0 Å². The summed E-state index contributed by atoms with van der Waals surface area (Å²) in [6.45, 7) is 4.10. The van der Waals surface area contributed by atoms with E-state index >= 15 is 0 Å². The molecule has 1 saturated heterocycles.